The van der Waals surface area contributed by atoms with E-state index in [1.54, 1.807) is 0 Å². The SMILES string of the molecule is CC1(C)c2ccc(-c3ccc(-c4ccc(-c5cc(-c6ccc7ccccc7c6)nc(-c6ccccc6)n5)c5ccccc45)cc3)cc2-c2cc3ccccc3cc21. The molecule has 0 spiro atoms. The maximum Gasteiger partial charge on any atom is 0.160 e. The minimum Gasteiger partial charge on any atom is -0.228 e. The molecule has 0 saturated carbocycles. The Kier molecular flexibility index (Phi) is 7.55. The molecule has 11 rings (SSSR count). The van der Waals surface area contributed by atoms with Crippen molar-refractivity contribution >= 4 is 32.3 Å². The van der Waals surface area contributed by atoms with Gasteiger partial charge in [-0.25, -0.2) is 9.97 Å². The van der Waals surface area contributed by atoms with E-state index in [0.29, 0.717) is 5.82 Å². The Morgan fingerprint density at radius 3 is 1.65 bits per heavy atom. The van der Waals surface area contributed by atoms with Gasteiger partial charge in [-0.05, 0) is 107 Å². The summed E-state index contributed by atoms with van der Waals surface area (Å²) in [5.74, 6) is 0.715. The molecule has 1 aliphatic rings. The average molecular weight is 727 g/mol. The fourth-order valence-electron chi connectivity index (χ4n) is 9.03. The van der Waals surface area contributed by atoms with Gasteiger partial charge in [-0.2, -0.15) is 0 Å². The monoisotopic (exact) mass is 726 g/mol. The first-order chi connectivity index (χ1) is 28.0. The van der Waals surface area contributed by atoms with Gasteiger partial charge in [-0.1, -0.05) is 178 Å². The molecule has 1 aliphatic carbocycles. The Hall–Kier alpha value is -7.16. The molecule has 0 radical (unpaired) electrons. The van der Waals surface area contributed by atoms with Crippen LogP contribution in [0.3, 0.4) is 0 Å². The van der Waals surface area contributed by atoms with Crippen LogP contribution in [0.2, 0.25) is 0 Å². The third-order valence-corrected chi connectivity index (χ3v) is 12.1. The number of hydrogen-bond acceptors (Lipinski definition) is 2. The number of hydrogen-bond donors (Lipinski definition) is 0. The molecule has 1 aromatic heterocycles. The number of nitrogens with zero attached hydrogens (tertiary/aromatic N) is 2. The highest BCUT2D eigenvalue weighted by Crippen LogP contribution is 2.51. The molecule has 0 amide bonds. The lowest BCUT2D eigenvalue weighted by molar-refractivity contribution is 0.661. The third-order valence-electron chi connectivity index (χ3n) is 12.1. The van der Waals surface area contributed by atoms with Gasteiger partial charge in [-0.3, -0.25) is 0 Å². The van der Waals surface area contributed by atoms with Crippen LogP contribution in [0, 0.1) is 0 Å². The van der Waals surface area contributed by atoms with Crippen LogP contribution in [0.4, 0.5) is 0 Å². The molecule has 0 bridgehead atoms. The van der Waals surface area contributed by atoms with Crippen molar-refractivity contribution < 1.29 is 0 Å². The number of benzene rings is 9. The lowest BCUT2D eigenvalue weighted by Gasteiger charge is -2.22. The Balaban J connectivity index is 0.983. The van der Waals surface area contributed by atoms with Gasteiger partial charge in [-0.15, -0.1) is 0 Å². The van der Waals surface area contributed by atoms with Crippen molar-refractivity contribution in [3.8, 4) is 67.3 Å². The number of aromatic nitrogens is 2. The van der Waals surface area contributed by atoms with Gasteiger partial charge in [0.05, 0.1) is 11.4 Å². The summed E-state index contributed by atoms with van der Waals surface area (Å²) < 4.78 is 0. The van der Waals surface area contributed by atoms with Crippen LogP contribution in [0.25, 0.3) is 99.6 Å². The maximum atomic E-state index is 5.21. The van der Waals surface area contributed by atoms with Crippen LogP contribution in [-0.4, -0.2) is 9.97 Å². The van der Waals surface area contributed by atoms with Crippen molar-refractivity contribution in [3.05, 3.63) is 205 Å². The molecule has 57 heavy (non-hydrogen) atoms. The second-order valence-electron chi connectivity index (χ2n) is 15.8. The van der Waals surface area contributed by atoms with Crippen molar-refractivity contribution in [3.63, 3.8) is 0 Å². The lowest BCUT2D eigenvalue weighted by Crippen LogP contribution is -2.14. The van der Waals surface area contributed by atoms with E-state index in [0.717, 1.165) is 33.5 Å². The molecule has 0 fully saturated rings. The molecule has 1 heterocycles. The number of fused-ring (bicyclic) bond motifs is 6. The van der Waals surface area contributed by atoms with Crippen molar-refractivity contribution in [1.82, 2.24) is 9.97 Å². The van der Waals surface area contributed by atoms with E-state index in [-0.39, 0.29) is 5.41 Å². The lowest BCUT2D eigenvalue weighted by atomic mass is 9.81. The largest absolute Gasteiger partial charge is 0.228 e. The molecule has 9 aromatic carbocycles. The zero-order valence-electron chi connectivity index (χ0n) is 31.9. The van der Waals surface area contributed by atoms with Crippen LogP contribution >= 0.6 is 0 Å². The summed E-state index contributed by atoms with van der Waals surface area (Å²) in [5, 5.41) is 7.34. The highest BCUT2D eigenvalue weighted by molar-refractivity contribution is 6.05. The molecule has 268 valence electrons. The van der Waals surface area contributed by atoms with Crippen molar-refractivity contribution in [2.45, 2.75) is 19.3 Å². The van der Waals surface area contributed by atoms with Gasteiger partial charge < -0.3 is 0 Å². The van der Waals surface area contributed by atoms with Gasteiger partial charge in [0.1, 0.15) is 0 Å². The summed E-state index contributed by atoms with van der Waals surface area (Å²) in [5.41, 5.74) is 15.2. The molecule has 0 saturated heterocycles. The standard InChI is InChI=1S/C55H38N2/c1-55(2)50-29-26-42(32-48(50)49-31-40-16-8-9-17-41(40)33-51(49)55)36-20-23-37(24-21-36)44-27-28-47(46-19-11-10-18-45(44)46)53-34-52(56-54(57-53)38-13-4-3-5-14-38)43-25-22-35-12-6-7-15-39(35)30-43/h3-34H,1-2H3. The van der Waals surface area contributed by atoms with Crippen LogP contribution < -0.4 is 0 Å². The normalized spacial score (nSPS) is 12.9. The summed E-state index contributed by atoms with van der Waals surface area (Å²) in [7, 11) is 0. The molecule has 2 nitrogen and oxygen atoms in total. The van der Waals surface area contributed by atoms with Crippen LogP contribution in [0.15, 0.2) is 194 Å². The Morgan fingerprint density at radius 2 is 0.877 bits per heavy atom. The summed E-state index contributed by atoms with van der Waals surface area (Å²) >= 11 is 0. The summed E-state index contributed by atoms with van der Waals surface area (Å²) in [6.45, 7) is 4.71. The molecular weight excluding hydrogens is 689 g/mol. The quantitative estimate of drug-likeness (QED) is 0.176. The highest BCUT2D eigenvalue weighted by atomic mass is 14.9. The van der Waals surface area contributed by atoms with Crippen molar-refractivity contribution in [2.24, 2.45) is 0 Å². The molecule has 0 N–H and O–H groups in total. The van der Waals surface area contributed by atoms with Crippen LogP contribution in [0.5, 0.6) is 0 Å². The van der Waals surface area contributed by atoms with E-state index < -0.39 is 0 Å². The van der Waals surface area contributed by atoms with E-state index in [1.165, 1.54) is 71.4 Å². The van der Waals surface area contributed by atoms with Gasteiger partial charge in [0.15, 0.2) is 5.82 Å². The Morgan fingerprint density at radius 1 is 0.316 bits per heavy atom. The van der Waals surface area contributed by atoms with Gasteiger partial charge in [0, 0.05) is 22.1 Å². The molecule has 0 atom stereocenters. The van der Waals surface area contributed by atoms with E-state index >= 15 is 0 Å². The van der Waals surface area contributed by atoms with Crippen molar-refractivity contribution in [2.75, 3.05) is 0 Å². The molecule has 10 aromatic rings. The minimum atomic E-state index is -0.0444. The highest BCUT2D eigenvalue weighted by Gasteiger charge is 2.35. The van der Waals surface area contributed by atoms with Gasteiger partial charge in [0.2, 0.25) is 0 Å². The second-order valence-corrected chi connectivity index (χ2v) is 15.8. The van der Waals surface area contributed by atoms with E-state index in [9.17, 15) is 0 Å². The number of rotatable bonds is 5. The summed E-state index contributed by atoms with van der Waals surface area (Å²) in [4.78, 5) is 10.3. The zero-order chi connectivity index (χ0) is 38.1. The second kappa shape index (κ2) is 13.0. The third kappa shape index (κ3) is 5.56. The van der Waals surface area contributed by atoms with Gasteiger partial charge in [0.25, 0.3) is 0 Å². The van der Waals surface area contributed by atoms with Crippen LogP contribution in [-0.2, 0) is 5.41 Å². The first-order valence-corrected chi connectivity index (χ1v) is 19.7. The van der Waals surface area contributed by atoms with Gasteiger partial charge >= 0.3 is 0 Å². The molecule has 0 unspecified atom stereocenters. The summed E-state index contributed by atoms with van der Waals surface area (Å²) in [6.07, 6.45) is 0. The maximum absolute atomic E-state index is 5.21. The Bertz CT molecular complexity index is 3190. The van der Waals surface area contributed by atoms with Crippen LogP contribution in [0.1, 0.15) is 25.0 Å². The predicted molar refractivity (Wildman–Crippen MR) is 239 cm³/mol. The molecule has 2 heteroatoms. The van der Waals surface area contributed by atoms with E-state index in [2.05, 4.69) is 190 Å². The minimum absolute atomic E-state index is 0.0444. The predicted octanol–water partition coefficient (Wildman–Crippen LogP) is 14.6. The molecule has 0 aliphatic heterocycles. The summed E-state index contributed by atoms with van der Waals surface area (Å²) in [6, 6.07) is 70.3. The first kappa shape index (κ1) is 33.2. The van der Waals surface area contributed by atoms with Crippen molar-refractivity contribution in [1.29, 1.82) is 0 Å². The average Bonchev–Trinajstić information content (AvgIpc) is 3.49. The Labute approximate surface area is 332 Å². The first-order valence-electron chi connectivity index (χ1n) is 19.7. The zero-order valence-corrected chi connectivity index (χ0v) is 31.9. The van der Waals surface area contributed by atoms with E-state index in [1.807, 2.05) is 18.2 Å². The molecular formula is C55H38N2. The smallest absolute Gasteiger partial charge is 0.160 e. The topological polar surface area (TPSA) is 25.8 Å². The fourth-order valence-corrected chi connectivity index (χ4v) is 9.03. The fraction of sp³-hybridized carbons (Fsp3) is 0.0545. The van der Waals surface area contributed by atoms with E-state index in [4.69, 9.17) is 9.97 Å².